The minimum absolute atomic E-state index is 0. The Balaban J connectivity index is -0.0000000536. The Morgan fingerprint density at radius 1 is 0.923 bits per heavy atom. The summed E-state index contributed by atoms with van der Waals surface area (Å²) in [5.74, 6) is 0. The van der Waals surface area contributed by atoms with Gasteiger partial charge in [0.25, 0.3) is 0 Å². The summed E-state index contributed by atoms with van der Waals surface area (Å²) in [6.07, 6.45) is -2.33. The molecule has 68 valence electrons. The van der Waals surface area contributed by atoms with E-state index in [9.17, 15) is 0 Å². The number of carbonyl (C=O) groups excluding carboxylic acids is 1. The van der Waals surface area contributed by atoms with Gasteiger partial charge in [0.2, 0.25) is 0 Å². The first kappa shape index (κ1) is 23.8. The minimum Gasteiger partial charge on any atom is -0.652 e. The van der Waals surface area contributed by atoms with Crippen LogP contribution in [0.15, 0.2) is 0 Å². The van der Waals surface area contributed by atoms with E-state index in [1.54, 1.807) is 0 Å². The third kappa shape index (κ3) is 32.0. The molecule has 1 heterocycles. The van der Waals surface area contributed by atoms with Crippen LogP contribution < -0.4 is 69.3 Å². The van der Waals surface area contributed by atoms with Crippen molar-refractivity contribution in [2.45, 2.75) is 0 Å². The van der Waals surface area contributed by atoms with Crippen molar-refractivity contribution >= 4 is 6.16 Å². The molecule has 1 rings (SSSR count). The fraction of sp³-hybridized carbons (Fsp3) is 0.800. The van der Waals surface area contributed by atoms with Gasteiger partial charge in [-0.15, -0.1) is 0 Å². The summed E-state index contributed by atoms with van der Waals surface area (Å²) in [6, 6.07) is 0. The second-order valence-corrected chi connectivity index (χ2v) is 1.47. The van der Waals surface area contributed by atoms with E-state index in [4.69, 9.17) is 24.5 Å². The van der Waals surface area contributed by atoms with Crippen molar-refractivity contribution in [3.8, 4) is 0 Å². The predicted molar refractivity (Wildman–Crippen MR) is 30.6 cm³/mol. The molecule has 0 bridgehead atoms. The predicted octanol–water partition coefficient (Wildman–Crippen LogP) is -9.23. The molecule has 0 aromatic rings. The van der Waals surface area contributed by atoms with Gasteiger partial charge in [-0.05, 0) is 6.16 Å². The maximum atomic E-state index is 8.33. The fourth-order valence-corrected chi connectivity index (χ4v) is 0.440. The van der Waals surface area contributed by atoms with Crippen LogP contribution in [0.5, 0.6) is 0 Å². The summed E-state index contributed by atoms with van der Waals surface area (Å²) in [4.78, 5) is 8.33. The molecule has 0 radical (unpaired) electrons. The number of hydrogen-bond acceptors (Lipinski definition) is 5. The van der Waals surface area contributed by atoms with Gasteiger partial charge in [-0.3, -0.25) is 0 Å². The largest absolute Gasteiger partial charge is 1.00 e. The average Bonchev–Trinajstić information content (AvgIpc) is 1.90. The standard InChI is InChI=1S/C4H8O2.CH2O3.2Na.H2O/c1-2-6-4-3-5-1;2-1(3)4;;;/h1-4H2;(H2,2,3,4);;;1H2/q;;2*+1;/p-2. The Hall–Kier alpha value is 1.15. The molecule has 8 heteroatoms. The number of ether oxygens (including phenoxy) is 2. The average molecular weight is 212 g/mol. The molecule has 0 amide bonds. The molecular formula is C5H10Na2O6. The van der Waals surface area contributed by atoms with E-state index in [1.165, 1.54) is 0 Å². The van der Waals surface area contributed by atoms with Crippen molar-refractivity contribution in [1.29, 1.82) is 0 Å². The van der Waals surface area contributed by atoms with Gasteiger partial charge in [-0.1, -0.05) is 0 Å². The van der Waals surface area contributed by atoms with Crippen molar-refractivity contribution in [1.82, 2.24) is 0 Å². The maximum absolute atomic E-state index is 8.33. The number of carboxylic acid groups (broad SMARTS) is 2. The summed E-state index contributed by atoms with van der Waals surface area (Å²) in [7, 11) is 0. The summed E-state index contributed by atoms with van der Waals surface area (Å²) < 4.78 is 9.89. The SMILES string of the molecule is C1COCCO1.O.O=C([O-])[O-].[Na+].[Na+]. The third-order valence-electron chi connectivity index (χ3n) is 0.744. The molecule has 0 unspecified atom stereocenters. The Kier molecular flexibility index (Phi) is 34.4. The van der Waals surface area contributed by atoms with E-state index >= 15 is 0 Å². The van der Waals surface area contributed by atoms with Gasteiger partial charge in [0.1, 0.15) is 0 Å². The maximum Gasteiger partial charge on any atom is 1.00 e. The molecular weight excluding hydrogens is 202 g/mol. The molecule has 0 spiro atoms. The first-order chi connectivity index (χ1) is 4.73. The molecule has 0 aliphatic carbocycles. The van der Waals surface area contributed by atoms with Crippen molar-refractivity contribution < 1.29 is 89.1 Å². The Morgan fingerprint density at radius 3 is 1.15 bits per heavy atom. The number of carbonyl (C=O) groups is 1. The zero-order chi connectivity index (χ0) is 7.82. The van der Waals surface area contributed by atoms with Crippen LogP contribution in [0.3, 0.4) is 0 Å². The van der Waals surface area contributed by atoms with Crippen LogP contribution in [0.25, 0.3) is 0 Å². The van der Waals surface area contributed by atoms with E-state index < -0.39 is 6.16 Å². The van der Waals surface area contributed by atoms with Crippen LogP contribution in [-0.4, -0.2) is 38.1 Å². The van der Waals surface area contributed by atoms with Crippen LogP contribution in [-0.2, 0) is 9.47 Å². The second kappa shape index (κ2) is 18.8. The van der Waals surface area contributed by atoms with Crippen molar-refractivity contribution in [2.24, 2.45) is 0 Å². The molecule has 6 nitrogen and oxygen atoms in total. The first-order valence-corrected chi connectivity index (χ1v) is 2.77. The topological polar surface area (TPSA) is 113 Å². The van der Waals surface area contributed by atoms with E-state index in [0.29, 0.717) is 0 Å². The normalized spacial score (nSPS) is 12.9. The van der Waals surface area contributed by atoms with Gasteiger partial charge in [0.05, 0.1) is 26.4 Å². The van der Waals surface area contributed by atoms with E-state index in [1.807, 2.05) is 0 Å². The Labute approximate surface area is 120 Å². The van der Waals surface area contributed by atoms with Crippen molar-refractivity contribution in [2.75, 3.05) is 26.4 Å². The Bertz CT molecular complexity index is 81.5. The Morgan fingerprint density at radius 2 is 1.08 bits per heavy atom. The minimum atomic E-state index is -2.33. The van der Waals surface area contributed by atoms with Crippen molar-refractivity contribution in [3.05, 3.63) is 0 Å². The summed E-state index contributed by atoms with van der Waals surface area (Å²) >= 11 is 0. The summed E-state index contributed by atoms with van der Waals surface area (Å²) in [5, 5.41) is 16.7. The van der Waals surface area contributed by atoms with E-state index in [0.717, 1.165) is 26.4 Å². The first-order valence-electron chi connectivity index (χ1n) is 2.77. The zero-order valence-electron chi connectivity index (χ0n) is 7.87. The van der Waals surface area contributed by atoms with Gasteiger partial charge >= 0.3 is 59.1 Å². The molecule has 0 aromatic carbocycles. The van der Waals surface area contributed by atoms with E-state index in [2.05, 4.69) is 0 Å². The van der Waals surface area contributed by atoms with Crippen LogP contribution in [0, 0.1) is 0 Å². The van der Waals surface area contributed by atoms with Crippen LogP contribution in [0.2, 0.25) is 0 Å². The number of rotatable bonds is 0. The quantitative estimate of drug-likeness (QED) is 0.370. The smallest absolute Gasteiger partial charge is 0.652 e. The van der Waals surface area contributed by atoms with Gasteiger partial charge in [-0.25, -0.2) is 0 Å². The molecule has 0 saturated carbocycles. The summed E-state index contributed by atoms with van der Waals surface area (Å²) in [5.41, 5.74) is 0. The molecule has 1 aliphatic rings. The van der Waals surface area contributed by atoms with Gasteiger partial charge < -0.3 is 30.0 Å². The molecule has 1 saturated heterocycles. The van der Waals surface area contributed by atoms with Gasteiger partial charge in [0.15, 0.2) is 0 Å². The van der Waals surface area contributed by atoms with Crippen LogP contribution >= 0.6 is 0 Å². The molecule has 2 N–H and O–H groups in total. The van der Waals surface area contributed by atoms with E-state index in [-0.39, 0.29) is 64.6 Å². The van der Waals surface area contributed by atoms with Crippen LogP contribution in [0.4, 0.5) is 4.79 Å². The molecule has 1 aliphatic heterocycles. The van der Waals surface area contributed by atoms with Crippen LogP contribution in [0.1, 0.15) is 0 Å². The summed E-state index contributed by atoms with van der Waals surface area (Å²) in [6.45, 7) is 3.11. The molecule has 13 heavy (non-hydrogen) atoms. The molecule has 0 aromatic heterocycles. The monoisotopic (exact) mass is 212 g/mol. The number of hydrogen-bond donors (Lipinski definition) is 0. The molecule has 0 atom stereocenters. The molecule has 1 fully saturated rings. The fourth-order valence-electron chi connectivity index (χ4n) is 0.440. The van der Waals surface area contributed by atoms with Crippen molar-refractivity contribution in [3.63, 3.8) is 0 Å². The zero-order valence-corrected chi connectivity index (χ0v) is 11.9. The van der Waals surface area contributed by atoms with Gasteiger partial charge in [0, 0.05) is 0 Å². The second-order valence-electron chi connectivity index (χ2n) is 1.47. The third-order valence-corrected chi connectivity index (χ3v) is 0.744. The van der Waals surface area contributed by atoms with Gasteiger partial charge in [-0.2, -0.15) is 0 Å².